The summed E-state index contributed by atoms with van der Waals surface area (Å²) in [6, 6.07) is 25.5. The van der Waals surface area contributed by atoms with Crippen molar-refractivity contribution in [2.45, 2.75) is 57.8 Å². The first-order valence-corrected chi connectivity index (χ1v) is 11.2. The minimum absolute atomic E-state index is 0.0941. The molecule has 3 N–H and O–H groups in total. The molecule has 0 heterocycles. The van der Waals surface area contributed by atoms with Gasteiger partial charge >= 0.3 is 0 Å². The molecule has 0 aliphatic heterocycles. The molecule has 0 aromatic heterocycles. The molecule has 0 spiro atoms. The number of benzene rings is 3. The van der Waals surface area contributed by atoms with Gasteiger partial charge in [-0.1, -0.05) is 78.9 Å². The minimum Gasteiger partial charge on any atom is -0.391 e. The standard InChI is InChI=1S/C28H33NO3/c1-19-14-15-22(16-20(19)2)17-26(28(32)21(3)30)29-27(31)18-25(23-10-6-4-7-11-23)24-12-8-5-9-13-24/h4-16,21,25-26,28,30,32H,17-18H2,1-3H3,(H,29,31)/t21?,26-,28?/m0/s1. The minimum atomic E-state index is -1.06. The van der Waals surface area contributed by atoms with Crippen LogP contribution in [0.15, 0.2) is 78.9 Å². The van der Waals surface area contributed by atoms with E-state index in [1.54, 1.807) is 6.92 Å². The summed E-state index contributed by atoms with van der Waals surface area (Å²) in [6.07, 6.45) is -1.32. The molecule has 0 aliphatic carbocycles. The predicted molar refractivity (Wildman–Crippen MR) is 129 cm³/mol. The molecule has 0 bridgehead atoms. The van der Waals surface area contributed by atoms with Crippen molar-refractivity contribution in [2.24, 2.45) is 0 Å². The monoisotopic (exact) mass is 431 g/mol. The summed E-state index contributed by atoms with van der Waals surface area (Å²) in [6.45, 7) is 5.64. The van der Waals surface area contributed by atoms with Gasteiger partial charge < -0.3 is 15.5 Å². The third kappa shape index (κ3) is 6.28. The normalized spacial score (nSPS) is 14.1. The van der Waals surface area contributed by atoms with Gasteiger partial charge in [-0.25, -0.2) is 0 Å². The molecule has 0 aliphatic rings. The van der Waals surface area contributed by atoms with Gasteiger partial charge in [-0.05, 0) is 55.0 Å². The second-order valence-electron chi connectivity index (χ2n) is 8.61. The van der Waals surface area contributed by atoms with Crippen LogP contribution in [0.2, 0.25) is 0 Å². The fourth-order valence-corrected chi connectivity index (χ4v) is 4.03. The molecule has 3 aromatic rings. The zero-order valence-electron chi connectivity index (χ0n) is 19.0. The summed E-state index contributed by atoms with van der Waals surface area (Å²) in [5.74, 6) is -0.250. The van der Waals surface area contributed by atoms with E-state index in [1.807, 2.05) is 79.7 Å². The summed E-state index contributed by atoms with van der Waals surface area (Å²) >= 11 is 0. The van der Waals surface area contributed by atoms with E-state index < -0.39 is 18.2 Å². The molecule has 0 saturated heterocycles. The summed E-state index contributed by atoms with van der Waals surface area (Å²) in [4.78, 5) is 13.1. The average Bonchev–Trinajstić information content (AvgIpc) is 2.80. The Balaban J connectivity index is 1.80. The zero-order valence-corrected chi connectivity index (χ0v) is 19.0. The largest absolute Gasteiger partial charge is 0.391 e. The number of nitrogens with one attached hydrogen (secondary N) is 1. The zero-order chi connectivity index (χ0) is 23.1. The molecule has 2 unspecified atom stereocenters. The van der Waals surface area contributed by atoms with Crippen LogP contribution in [-0.4, -0.2) is 34.4 Å². The number of rotatable bonds is 9. The van der Waals surface area contributed by atoms with E-state index in [0.717, 1.165) is 22.3 Å². The van der Waals surface area contributed by atoms with Gasteiger partial charge in [0.2, 0.25) is 5.91 Å². The maximum absolute atomic E-state index is 13.1. The smallest absolute Gasteiger partial charge is 0.221 e. The molecule has 3 aromatic carbocycles. The Morgan fingerprint density at radius 2 is 1.41 bits per heavy atom. The van der Waals surface area contributed by atoms with Crippen LogP contribution < -0.4 is 5.32 Å². The Bertz CT molecular complexity index is 962. The van der Waals surface area contributed by atoms with Gasteiger partial charge in [0.15, 0.2) is 0 Å². The van der Waals surface area contributed by atoms with Crippen LogP contribution in [0.3, 0.4) is 0 Å². The highest BCUT2D eigenvalue weighted by molar-refractivity contribution is 5.78. The van der Waals surface area contributed by atoms with Gasteiger partial charge in [-0.2, -0.15) is 0 Å². The first kappa shape index (κ1) is 23.7. The second kappa shape index (κ2) is 11.1. The quantitative estimate of drug-likeness (QED) is 0.473. The molecule has 168 valence electrons. The third-order valence-corrected chi connectivity index (χ3v) is 6.07. The molecular formula is C28H33NO3. The number of aryl methyl sites for hydroxylation is 2. The first-order valence-electron chi connectivity index (χ1n) is 11.2. The molecule has 0 fully saturated rings. The van der Waals surface area contributed by atoms with Crippen LogP contribution in [0.1, 0.15) is 47.1 Å². The van der Waals surface area contributed by atoms with E-state index in [0.29, 0.717) is 6.42 Å². The van der Waals surface area contributed by atoms with Crippen molar-refractivity contribution in [2.75, 3.05) is 0 Å². The summed E-state index contributed by atoms with van der Waals surface area (Å²) in [5.41, 5.74) is 5.50. The average molecular weight is 432 g/mol. The summed E-state index contributed by atoms with van der Waals surface area (Å²) in [7, 11) is 0. The number of aliphatic hydroxyl groups excluding tert-OH is 2. The number of hydrogen-bond donors (Lipinski definition) is 3. The number of hydrogen-bond acceptors (Lipinski definition) is 3. The number of carbonyl (C=O) groups is 1. The van der Waals surface area contributed by atoms with Crippen LogP contribution in [0.5, 0.6) is 0 Å². The maximum atomic E-state index is 13.1. The first-order chi connectivity index (χ1) is 15.3. The lowest BCUT2D eigenvalue weighted by Crippen LogP contribution is -2.49. The fourth-order valence-electron chi connectivity index (χ4n) is 4.03. The predicted octanol–water partition coefficient (Wildman–Crippen LogP) is 4.29. The molecular weight excluding hydrogens is 398 g/mol. The lowest BCUT2D eigenvalue weighted by atomic mass is 9.88. The van der Waals surface area contributed by atoms with Gasteiger partial charge in [0, 0.05) is 12.3 Å². The molecule has 3 atom stereocenters. The molecule has 1 amide bonds. The Labute approximate surface area is 190 Å². The molecule has 3 rings (SSSR count). The summed E-state index contributed by atoms with van der Waals surface area (Å²) < 4.78 is 0. The highest BCUT2D eigenvalue weighted by Gasteiger charge is 2.27. The maximum Gasteiger partial charge on any atom is 0.221 e. The Hall–Kier alpha value is -2.95. The van der Waals surface area contributed by atoms with Crippen LogP contribution in [0.25, 0.3) is 0 Å². The Morgan fingerprint density at radius 3 is 1.91 bits per heavy atom. The van der Waals surface area contributed by atoms with Gasteiger partial charge in [-0.15, -0.1) is 0 Å². The van der Waals surface area contributed by atoms with E-state index in [9.17, 15) is 15.0 Å². The second-order valence-corrected chi connectivity index (χ2v) is 8.61. The van der Waals surface area contributed by atoms with Gasteiger partial charge in [0.1, 0.15) is 6.10 Å². The summed E-state index contributed by atoms with van der Waals surface area (Å²) in [5, 5.41) is 23.6. The third-order valence-electron chi connectivity index (χ3n) is 6.07. The Kier molecular flexibility index (Phi) is 8.20. The topological polar surface area (TPSA) is 69.6 Å². The Morgan fingerprint density at radius 1 is 0.844 bits per heavy atom. The number of carbonyl (C=O) groups excluding carboxylic acids is 1. The molecule has 0 saturated carbocycles. The van der Waals surface area contributed by atoms with Crippen LogP contribution >= 0.6 is 0 Å². The lowest BCUT2D eigenvalue weighted by Gasteiger charge is -2.27. The van der Waals surface area contributed by atoms with Crippen LogP contribution in [-0.2, 0) is 11.2 Å². The van der Waals surface area contributed by atoms with E-state index in [4.69, 9.17) is 0 Å². The van der Waals surface area contributed by atoms with Crippen molar-refractivity contribution in [1.82, 2.24) is 5.32 Å². The lowest BCUT2D eigenvalue weighted by molar-refractivity contribution is -0.123. The molecule has 4 nitrogen and oxygen atoms in total. The fraction of sp³-hybridized carbons (Fsp3) is 0.321. The van der Waals surface area contributed by atoms with Crippen molar-refractivity contribution in [3.05, 3.63) is 107 Å². The number of aliphatic hydroxyl groups is 2. The van der Waals surface area contributed by atoms with Crippen molar-refractivity contribution in [3.8, 4) is 0 Å². The van der Waals surface area contributed by atoms with E-state index in [-0.39, 0.29) is 18.2 Å². The SMILES string of the molecule is Cc1ccc(C[C@H](NC(=O)CC(c2ccccc2)c2ccccc2)C(O)C(C)O)cc1C. The molecule has 4 heteroatoms. The molecule has 32 heavy (non-hydrogen) atoms. The van der Waals surface area contributed by atoms with E-state index >= 15 is 0 Å². The van der Waals surface area contributed by atoms with Crippen LogP contribution in [0.4, 0.5) is 0 Å². The van der Waals surface area contributed by atoms with E-state index in [1.165, 1.54) is 5.56 Å². The van der Waals surface area contributed by atoms with Gasteiger partial charge in [0.25, 0.3) is 0 Å². The van der Waals surface area contributed by atoms with Gasteiger partial charge in [-0.3, -0.25) is 4.79 Å². The van der Waals surface area contributed by atoms with Crippen LogP contribution in [0, 0.1) is 13.8 Å². The highest BCUT2D eigenvalue weighted by atomic mass is 16.3. The number of amides is 1. The van der Waals surface area contributed by atoms with Crippen molar-refractivity contribution in [1.29, 1.82) is 0 Å². The van der Waals surface area contributed by atoms with Crippen molar-refractivity contribution >= 4 is 5.91 Å². The van der Waals surface area contributed by atoms with Crippen molar-refractivity contribution < 1.29 is 15.0 Å². The van der Waals surface area contributed by atoms with E-state index in [2.05, 4.69) is 18.3 Å². The van der Waals surface area contributed by atoms with Gasteiger partial charge in [0.05, 0.1) is 12.1 Å². The van der Waals surface area contributed by atoms with Crippen molar-refractivity contribution in [3.63, 3.8) is 0 Å². The molecule has 0 radical (unpaired) electrons. The highest BCUT2D eigenvalue weighted by Crippen LogP contribution is 2.28.